The van der Waals surface area contributed by atoms with Gasteiger partial charge in [-0.3, -0.25) is 4.79 Å². The molecule has 0 saturated heterocycles. The summed E-state index contributed by atoms with van der Waals surface area (Å²) in [5, 5.41) is 0. The zero-order valence-electron chi connectivity index (χ0n) is 6.83. The van der Waals surface area contributed by atoms with E-state index in [1.807, 2.05) is 0 Å². The molecule has 0 atom stereocenters. The first-order valence-electron chi connectivity index (χ1n) is 3.50. The fourth-order valence-electron chi connectivity index (χ4n) is 0.854. The van der Waals surface area contributed by atoms with Crippen molar-refractivity contribution in [1.82, 2.24) is 0 Å². The SMILES string of the molecule is O=C(c1ccc(I)c(F)c1F)C(F)(F)F. The van der Waals surface area contributed by atoms with Crippen LogP contribution in [0.4, 0.5) is 22.0 Å². The molecule has 0 bridgehead atoms. The minimum absolute atomic E-state index is 0.191. The van der Waals surface area contributed by atoms with Crippen LogP contribution in [0.5, 0.6) is 0 Å². The van der Waals surface area contributed by atoms with E-state index in [9.17, 15) is 26.7 Å². The zero-order valence-corrected chi connectivity index (χ0v) is 8.99. The number of halogens is 6. The van der Waals surface area contributed by atoms with Gasteiger partial charge in [-0.25, -0.2) is 8.78 Å². The Morgan fingerprint density at radius 1 is 1.13 bits per heavy atom. The Morgan fingerprint density at radius 3 is 2.13 bits per heavy atom. The van der Waals surface area contributed by atoms with Gasteiger partial charge in [0.25, 0.3) is 5.78 Å². The molecule has 0 amide bonds. The first-order valence-corrected chi connectivity index (χ1v) is 4.58. The minimum atomic E-state index is -5.21. The predicted molar refractivity (Wildman–Crippen MR) is 49.5 cm³/mol. The maximum Gasteiger partial charge on any atom is 0.454 e. The fraction of sp³-hybridized carbons (Fsp3) is 0.125. The third kappa shape index (κ3) is 2.44. The Labute approximate surface area is 94.4 Å². The molecule has 15 heavy (non-hydrogen) atoms. The van der Waals surface area contributed by atoms with E-state index in [-0.39, 0.29) is 3.57 Å². The summed E-state index contributed by atoms with van der Waals surface area (Å²) in [6.07, 6.45) is -5.21. The van der Waals surface area contributed by atoms with Gasteiger partial charge in [0.1, 0.15) is 0 Å². The van der Waals surface area contributed by atoms with Crippen LogP contribution >= 0.6 is 22.6 Å². The smallest absolute Gasteiger partial charge is 0.284 e. The van der Waals surface area contributed by atoms with Crippen molar-refractivity contribution in [2.45, 2.75) is 6.18 Å². The number of Topliss-reactive ketones (excluding diaryl/α,β-unsaturated/α-hetero) is 1. The summed E-state index contributed by atoms with van der Waals surface area (Å²) >= 11 is 1.40. The lowest BCUT2D eigenvalue weighted by molar-refractivity contribution is -0.0887. The van der Waals surface area contributed by atoms with Gasteiger partial charge in [-0.1, -0.05) is 0 Å². The second kappa shape index (κ2) is 4.03. The second-order valence-corrected chi connectivity index (χ2v) is 3.71. The van der Waals surface area contributed by atoms with Crippen LogP contribution < -0.4 is 0 Å². The Kier molecular flexibility index (Phi) is 3.31. The average Bonchev–Trinajstić information content (AvgIpc) is 2.12. The highest BCUT2D eigenvalue weighted by Crippen LogP contribution is 2.25. The standard InChI is InChI=1S/C8H2F5IO/c9-5-3(7(15)8(11,12)13)1-2-4(14)6(5)10/h1-2H. The lowest BCUT2D eigenvalue weighted by atomic mass is 10.1. The van der Waals surface area contributed by atoms with E-state index in [2.05, 4.69) is 0 Å². The number of benzene rings is 1. The number of alkyl halides is 3. The van der Waals surface area contributed by atoms with Gasteiger partial charge in [0.05, 0.1) is 9.13 Å². The number of rotatable bonds is 1. The van der Waals surface area contributed by atoms with Gasteiger partial charge < -0.3 is 0 Å². The maximum atomic E-state index is 12.9. The zero-order chi connectivity index (χ0) is 11.8. The van der Waals surface area contributed by atoms with Crippen LogP contribution in [0.1, 0.15) is 10.4 Å². The van der Waals surface area contributed by atoms with Gasteiger partial charge in [0.2, 0.25) is 0 Å². The Morgan fingerprint density at radius 2 is 1.67 bits per heavy atom. The highest BCUT2D eigenvalue weighted by atomic mass is 127. The van der Waals surface area contributed by atoms with Crippen molar-refractivity contribution in [3.63, 3.8) is 0 Å². The van der Waals surface area contributed by atoms with E-state index in [1.54, 1.807) is 0 Å². The van der Waals surface area contributed by atoms with E-state index in [0.29, 0.717) is 6.07 Å². The Bertz CT molecular complexity index is 412. The molecule has 0 N–H and O–H groups in total. The third-order valence-corrected chi connectivity index (χ3v) is 2.37. The molecule has 1 aromatic rings. The molecule has 0 aliphatic rings. The van der Waals surface area contributed by atoms with Crippen molar-refractivity contribution in [2.75, 3.05) is 0 Å². The molecule has 0 spiro atoms. The van der Waals surface area contributed by atoms with Crippen molar-refractivity contribution in [2.24, 2.45) is 0 Å². The molecule has 0 unspecified atom stereocenters. The predicted octanol–water partition coefficient (Wildman–Crippen LogP) is 3.31. The summed E-state index contributed by atoms with van der Waals surface area (Å²) in [5.74, 6) is -5.62. The van der Waals surface area contributed by atoms with Crippen LogP contribution in [0.25, 0.3) is 0 Å². The largest absolute Gasteiger partial charge is 0.454 e. The summed E-state index contributed by atoms with van der Waals surface area (Å²) in [6.45, 7) is 0. The van der Waals surface area contributed by atoms with Crippen LogP contribution in [0.2, 0.25) is 0 Å². The van der Waals surface area contributed by atoms with E-state index in [1.165, 1.54) is 22.6 Å². The molecule has 0 fully saturated rings. The summed E-state index contributed by atoms with van der Waals surface area (Å²) in [4.78, 5) is 10.6. The van der Waals surface area contributed by atoms with E-state index in [0.717, 1.165) is 6.07 Å². The molecule has 1 rings (SSSR count). The molecule has 0 aliphatic heterocycles. The summed E-state index contributed by atoms with van der Waals surface area (Å²) in [7, 11) is 0. The van der Waals surface area contributed by atoms with Gasteiger partial charge in [-0.15, -0.1) is 0 Å². The number of carbonyl (C=O) groups excluding carboxylic acids is 1. The topological polar surface area (TPSA) is 17.1 Å². The molecule has 1 nitrogen and oxygen atoms in total. The number of ketones is 1. The van der Waals surface area contributed by atoms with Crippen molar-refractivity contribution in [3.05, 3.63) is 32.9 Å². The van der Waals surface area contributed by atoms with Crippen LogP contribution in [0.15, 0.2) is 12.1 Å². The molecule has 0 aromatic heterocycles. The quantitative estimate of drug-likeness (QED) is 0.333. The van der Waals surface area contributed by atoms with E-state index >= 15 is 0 Å². The van der Waals surface area contributed by atoms with Crippen LogP contribution in [0.3, 0.4) is 0 Å². The average molecular weight is 336 g/mol. The Hall–Kier alpha value is -0.730. The second-order valence-electron chi connectivity index (χ2n) is 2.55. The normalized spacial score (nSPS) is 11.6. The maximum absolute atomic E-state index is 12.9. The molecular formula is C8H2F5IO. The van der Waals surface area contributed by atoms with Gasteiger partial charge in [-0.05, 0) is 34.7 Å². The molecular weight excluding hydrogens is 334 g/mol. The first-order chi connectivity index (χ1) is 6.75. The van der Waals surface area contributed by atoms with Gasteiger partial charge in [-0.2, -0.15) is 13.2 Å². The molecule has 0 radical (unpaired) electrons. The van der Waals surface area contributed by atoms with Crippen LogP contribution in [-0.2, 0) is 0 Å². The molecule has 0 aliphatic carbocycles. The van der Waals surface area contributed by atoms with Crippen molar-refractivity contribution >= 4 is 28.4 Å². The summed E-state index contributed by atoms with van der Waals surface area (Å²) in [6, 6.07) is 1.51. The van der Waals surface area contributed by atoms with Crippen molar-refractivity contribution in [1.29, 1.82) is 0 Å². The monoisotopic (exact) mass is 336 g/mol. The lowest BCUT2D eigenvalue weighted by Gasteiger charge is -2.07. The van der Waals surface area contributed by atoms with E-state index < -0.39 is 29.2 Å². The van der Waals surface area contributed by atoms with Crippen LogP contribution in [0, 0.1) is 15.2 Å². The molecule has 1 aromatic carbocycles. The Balaban J connectivity index is 3.29. The number of hydrogen-bond acceptors (Lipinski definition) is 1. The highest BCUT2D eigenvalue weighted by molar-refractivity contribution is 14.1. The summed E-state index contributed by atoms with van der Waals surface area (Å²) in [5.41, 5.74) is -1.31. The number of carbonyl (C=O) groups is 1. The third-order valence-electron chi connectivity index (χ3n) is 1.54. The minimum Gasteiger partial charge on any atom is -0.284 e. The van der Waals surface area contributed by atoms with Crippen LogP contribution in [-0.4, -0.2) is 12.0 Å². The summed E-state index contributed by atoms with van der Waals surface area (Å²) < 4.78 is 61.3. The van der Waals surface area contributed by atoms with Crippen molar-refractivity contribution < 1.29 is 26.7 Å². The first kappa shape index (κ1) is 12.3. The molecule has 82 valence electrons. The van der Waals surface area contributed by atoms with Crippen molar-refractivity contribution in [3.8, 4) is 0 Å². The molecule has 0 saturated carbocycles. The van der Waals surface area contributed by atoms with Gasteiger partial charge in [0.15, 0.2) is 11.6 Å². The molecule has 7 heteroatoms. The fourth-order valence-corrected chi connectivity index (χ4v) is 1.27. The molecule has 0 heterocycles. The van der Waals surface area contributed by atoms with E-state index in [4.69, 9.17) is 0 Å². The number of hydrogen-bond donors (Lipinski definition) is 0. The van der Waals surface area contributed by atoms with Gasteiger partial charge >= 0.3 is 6.18 Å². The lowest BCUT2D eigenvalue weighted by Crippen LogP contribution is -2.24. The van der Waals surface area contributed by atoms with Gasteiger partial charge in [0, 0.05) is 0 Å². The highest BCUT2D eigenvalue weighted by Gasteiger charge is 2.41.